The summed E-state index contributed by atoms with van der Waals surface area (Å²) in [6.07, 6.45) is 2.21. The second-order valence-corrected chi connectivity index (χ2v) is 7.83. The summed E-state index contributed by atoms with van der Waals surface area (Å²) in [6, 6.07) is 13.6. The molecule has 2 aromatic rings. The van der Waals surface area contributed by atoms with Crippen molar-refractivity contribution in [3.05, 3.63) is 65.7 Å². The molecule has 1 fully saturated rings. The molecular weight excluding hydrogens is 366 g/mol. The Labute approximate surface area is 171 Å². The maximum Gasteiger partial charge on any atom is 0.338 e. The van der Waals surface area contributed by atoms with Gasteiger partial charge >= 0.3 is 11.9 Å². The molecule has 152 valence electrons. The van der Waals surface area contributed by atoms with Crippen LogP contribution in [0.15, 0.2) is 49.0 Å². The van der Waals surface area contributed by atoms with Crippen molar-refractivity contribution in [2.45, 2.75) is 45.4 Å². The van der Waals surface area contributed by atoms with Crippen molar-refractivity contribution in [2.24, 2.45) is 0 Å². The molecule has 0 amide bonds. The van der Waals surface area contributed by atoms with Gasteiger partial charge in [0, 0.05) is 12.6 Å². The third kappa shape index (κ3) is 5.12. The van der Waals surface area contributed by atoms with E-state index in [9.17, 15) is 9.59 Å². The lowest BCUT2D eigenvalue weighted by molar-refractivity contribution is -0.130. The zero-order valence-corrected chi connectivity index (χ0v) is 17.1. The van der Waals surface area contributed by atoms with Crippen LogP contribution in [-0.2, 0) is 16.1 Å². The van der Waals surface area contributed by atoms with E-state index in [1.165, 1.54) is 12.8 Å². The lowest BCUT2D eigenvalue weighted by Crippen LogP contribution is -2.22. The Morgan fingerprint density at radius 3 is 2.31 bits per heavy atom. The van der Waals surface area contributed by atoms with Crippen LogP contribution < -0.4 is 0 Å². The Morgan fingerprint density at radius 2 is 1.76 bits per heavy atom. The first-order chi connectivity index (χ1) is 13.8. The van der Waals surface area contributed by atoms with Gasteiger partial charge in [-0.15, -0.1) is 0 Å². The molecule has 0 heterocycles. The highest BCUT2D eigenvalue weighted by atomic mass is 16.5. The number of benzene rings is 2. The SMILES string of the molecule is C=C(C(=O)O)c1ccc(-c2ccc(C(=O)OC(C)C)c(CN(C)C3CC3)c2)cc1. The van der Waals surface area contributed by atoms with E-state index in [0.717, 1.165) is 16.7 Å². The number of ether oxygens (including phenoxy) is 1. The number of carbonyl (C=O) groups excluding carboxylic acids is 1. The van der Waals surface area contributed by atoms with Crippen LogP contribution in [-0.4, -0.2) is 41.1 Å². The number of carbonyl (C=O) groups is 2. The highest BCUT2D eigenvalue weighted by Crippen LogP contribution is 2.30. The van der Waals surface area contributed by atoms with Gasteiger partial charge in [0.1, 0.15) is 0 Å². The first kappa shape index (κ1) is 20.8. The molecule has 29 heavy (non-hydrogen) atoms. The van der Waals surface area contributed by atoms with Gasteiger partial charge in [0.05, 0.1) is 17.2 Å². The molecule has 0 aromatic heterocycles. The molecule has 1 aliphatic rings. The zero-order chi connectivity index (χ0) is 21.1. The maximum atomic E-state index is 12.6. The van der Waals surface area contributed by atoms with Gasteiger partial charge in [0.25, 0.3) is 0 Å². The Morgan fingerprint density at radius 1 is 1.14 bits per heavy atom. The average molecular weight is 393 g/mol. The summed E-state index contributed by atoms with van der Waals surface area (Å²) in [6.45, 7) is 7.95. The van der Waals surface area contributed by atoms with E-state index in [0.29, 0.717) is 23.7 Å². The zero-order valence-electron chi connectivity index (χ0n) is 17.1. The van der Waals surface area contributed by atoms with Gasteiger partial charge in [-0.2, -0.15) is 0 Å². The molecule has 0 radical (unpaired) electrons. The van der Waals surface area contributed by atoms with E-state index in [-0.39, 0.29) is 17.6 Å². The number of carboxylic acid groups (broad SMARTS) is 1. The quantitative estimate of drug-likeness (QED) is 0.524. The largest absolute Gasteiger partial charge is 0.478 e. The number of aliphatic carboxylic acids is 1. The lowest BCUT2D eigenvalue weighted by Gasteiger charge is -2.19. The number of rotatable bonds is 8. The summed E-state index contributed by atoms with van der Waals surface area (Å²) < 4.78 is 5.42. The first-order valence-corrected chi connectivity index (χ1v) is 9.83. The van der Waals surface area contributed by atoms with E-state index in [1.807, 2.05) is 44.2 Å². The lowest BCUT2D eigenvalue weighted by atomic mass is 9.97. The van der Waals surface area contributed by atoms with Gasteiger partial charge in [-0.1, -0.05) is 36.9 Å². The van der Waals surface area contributed by atoms with Gasteiger partial charge in [-0.3, -0.25) is 4.90 Å². The van der Waals surface area contributed by atoms with Crippen LogP contribution in [0, 0.1) is 0 Å². The van der Waals surface area contributed by atoms with Crippen molar-refractivity contribution in [2.75, 3.05) is 7.05 Å². The highest BCUT2D eigenvalue weighted by molar-refractivity contribution is 6.14. The van der Waals surface area contributed by atoms with Crippen LogP contribution in [0.5, 0.6) is 0 Å². The summed E-state index contributed by atoms with van der Waals surface area (Å²) in [7, 11) is 2.08. The predicted molar refractivity (Wildman–Crippen MR) is 114 cm³/mol. The molecule has 1 saturated carbocycles. The number of esters is 1. The van der Waals surface area contributed by atoms with Gasteiger partial charge < -0.3 is 9.84 Å². The van der Waals surface area contributed by atoms with Crippen molar-refractivity contribution in [3.8, 4) is 11.1 Å². The van der Waals surface area contributed by atoms with E-state index in [1.54, 1.807) is 12.1 Å². The summed E-state index contributed by atoms with van der Waals surface area (Å²) in [5.74, 6) is -1.34. The number of hydrogen-bond acceptors (Lipinski definition) is 4. The summed E-state index contributed by atoms with van der Waals surface area (Å²) in [5.41, 5.74) is 4.08. The third-order valence-electron chi connectivity index (χ3n) is 5.08. The highest BCUT2D eigenvalue weighted by Gasteiger charge is 2.27. The molecule has 2 aromatic carbocycles. The predicted octanol–water partition coefficient (Wildman–Crippen LogP) is 4.61. The summed E-state index contributed by atoms with van der Waals surface area (Å²) >= 11 is 0. The van der Waals surface area contributed by atoms with Gasteiger partial charge in [0.15, 0.2) is 0 Å². The Bertz CT molecular complexity index is 926. The number of hydrogen-bond donors (Lipinski definition) is 1. The van der Waals surface area contributed by atoms with E-state index in [2.05, 4.69) is 18.5 Å². The first-order valence-electron chi connectivity index (χ1n) is 9.83. The van der Waals surface area contributed by atoms with Crippen LogP contribution in [0.3, 0.4) is 0 Å². The molecule has 3 rings (SSSR count). The van der Waals surface area contributed by atoms with Crippen LogP contribution in [0.4, 0.5) is 0 Å². The monoisotopic (exact) mass is 393 g/mol. The maximum absolute atomic E-state index is 12.6. The molecule has 0 bridgehead atoms. The summed E-state index contributed by atoms with van der Waals surface area (Å²) in [4.78, 5) is 25.9. The molecule has 1 aliphatic carbocycles. The number of carboxylic acids is 1. The fourth-order valence-electron chi connectivity index (χ4n) is 3.28. The van der Waals surface area contributed by atoms with Gasteiger partial charge in [0.2, 0.25) is 0 Å². The van der Waals surface area contributed by atoms with Crippen LogP contribution in [0.25, 0.3) is 16.7 Å². The van der Waals surface area contributed by atoms with E-state index in [4.69, 9.17) is 9.84 Å². The van der Waals surface area contributed by atoms with Gasteiger partial charge in [-0.25, -0.2) is 9.59 Å². The molecule has 0 unspecified atom stereocenters. The second kappa shape index (κ2) is 8.62. The van der Waals surface area contributed by atoms with Crippen molar-refractivity contribution in [1.82, 2.24) is 4.90 Å². The Kier molecular flexibility index (Phi) is 6.18. The van der Waals surface area contributed by atoms with E-state index < -0.39 is 5.97 Å². The van der Waals surface area contributed by atoms with E-state index >= 15 is 0 Å². The molecule has 5 heteroatoms. The van der Waals surface area contributed by atoms with Gasteiger partial charge in [-0.05, 0) is 68.1 Å². The molecule has 0 saturated heterocycles. The fraction of sp³-hybridized carbons (Fsp3) is 0.333. The fourth-order valence-corrected chi connectivity index (χ4v) is 3.28. The Hall–Kier alpha value is -2.92. The summed E-state index contributed by atoms with van der Waals surface area (Å²) in [5, 5.41) is 9.09. The smallest absolute Gasteiger partial charge is 0.338 e. The van der Waals surface area contributed by atoms with Crippen molar-refractivity contribution in [1.29, 1.82) is 0 Å². The average Bonchev–Trinajstić information content (AvgIpc) is 3.52. The molecule has 5 nitrogen and oxygen atoms in total. The topological polar surface area (TPSA) is 66.8 Å². The minimum atomic E-state index is -1.03. The van der Waals surface area contributed by atoms with Crippen LogP contribution in [0.1, 0.15) is 48.2 Å². The van der Waals surface area contributed by atoms with Crippen molar-refractivity contribution >= 4 is 17.5 Å². The minimum Gasteiger partial charge on any atom is -0.478 e. The Balaban J connectivity index is 1.92. The van der Waals surface area contributed by atoms with Crippen LogP contribution in [0.2, 0.25) is 0 Å². The van der Waals surface area contributed by atoms with Crippen molar-refractivity contribution < 1.29 is 19.4 Å². The minimum absolute atomic E-state index is 0.0649. The number of nitrogens with zero attached hydrogens (tertiary/aromatic N) is 1. The molecule has 1 N–H and O–H groups in total. The van der Waals surface area contributed by atoms with Crippen LogP contribution >= 0.6 is 0 Å². The molecule has 0 aliphatic heterocycles. The normalized spacial score (nSPS) is 13.6. The third-order valence-corrected chi connectivity index (χ3v) is 5.08. The molecular formula is C24H27NO4. The second-order valence-electron chi connectivity index (χ2n) is 7.83. The molecule has 0 spiro atoms. The van der Waals surface area contributed by atoms with Crippen molar-refractivity contribution in [3.63, 3.8) is 0 Å². The standard InChI is InChI=1S/C24H27NO4/c1-15(2)29-24(28)22-12-9-19(13-20(22)14-25(4)21-10-11-21)18-7-5-17(6-8-18)16(3)23(26)27/h5-9,12-13,15,21H,3,10-11,14H2,1-2,4H3,(H,26,27). The molecule has 0 atom stereocenters.